The Hall–Kier alpha value is -2.43. The summed E-state index contributed by atoms with van der Waals surface area (Å²) in [5.74, 6) is 3.72. The molecule has 2 atom stereocenters. The number of carbonyl (C=O) groups excluding carboxylic acids is 2. The predicted octanol–water partition coefficient (Wildman–Crippen LogP) is 13.1. The summed E-state index contributed by atoms with van der Waals surface area (Å²) < 4.78 is 46.6. The van der Waals surface area contributed by atoms with E-state index in [1.807, 2.05) is 21.1 Å². The number of quaternary nitrogens is 1. The van der Waals surface area contributed by atoms with Gasteiger partial charge >= 0.3 is 19.8 Å². The lowest BCUT2D eigenvalue weighted by Crippen LogP contribution is -2.37. The van der Waals surface area contributed by atoms with Crippen LogP contribution in [0.15, 0.2) is 21.0 Å². The van der Waals surface area contributed by atoms with E-state index < -0.39 is 26.5 Å². The van der Waals surface area contributed by atoms with Crippen molar-refractivity contribution in [2.75, 3.05) is 47.5 Å². The maximum atomic E-state index is 12.8. The summed E-state index contributed by atoms with van der Waals surface area (Å²) in [5.41, 5.74) is 2.57. The van der Waals surface area contributed by atoms with Crippen LogP contribution in [0.4, 0.5) is 0 Å². The molecule has 1 N–H and O–H groups in total. The average Bonchev–Trinajstić information content (AvgIpc) is 3.75. The van der Waals surface area contributed by atoms with Gasteiger partial charge in [-0.3, -0.25) is 18.6 Å². The third-order valence-corrected chi connectivity index (χ3v) is 12.4. The van der Waals surface area contributed by atoms with E-state index >= 15 is 0 Å². The van der Waals surface area contributed by atoms with Crippen molar-refractivity contribution in [1.29, 1.82) is 0 Å². The van der Waals surface area contributed by atoms with Crippen LogP contribution in [0.1, 0.15) is 202 Å². The molecule has 12 heteroatoms. The molecular weight excluding hydrogens is 806 g/mol. The Morgan fingerprint density at radius 1 is 0.597 bits per heavy atom. The number of phosphoric acid groups is 1. The number of unbranched alkanes of at least 4 members (excludes halogenated alkanes) is 18. The van der Waals surface area contributed by atoms with Gasteiger partial charge in [-0.15, -0.1) is 0 Å². The van der Waals surface area contributed by atoms with Gasteiger partial charge < -0.3 is 27.7 Å². The highest BCUT2D eigenvalue weighted by Crippen LogP contribution is 2.43. The molecule has 2 heterocycles. The first kappa shape index (κ1) is 55.7. The monoisotopic (exact) mass is 895 g/mol. The number of hydrogen-bond acceptors (Lipinski definition) is 9. The highest BCUT2D eigenvalue weighted by molar-refractivity contribution is 7.47. The molecule has 0 saturated carbocycles. The van der Waals surface area contributed by atoms with Crippen LogP contribution in [0, 0.1) is 13.8 Å². The summed E-state index contributed by atoms with van der Waals surface area (Å²) in [5, 5.41) is 0. The molecular formula is C50H89NO10P+. The van der Waals surface area contributed by atoms with Gasteiger partial charge in [0.25, 0.3) is 0 Å². The Morgan fingerprint density at radius 2 is 1.05 bits per heavy atom. The van der Waals surface area contributed by atoms with Crippen molar-refractivity contribution in [3.8, 4) is 0 Å². The maximum Gasteiger partial charge on any atom is 0.472 e. The minimum atomic E-state index is -4.40. The van der Waals surface area contributed by atoms with Gasteiger partial charge in [0, 0.05) is 38.5 Å². The lowest BCUT2D eigenvalue weighted by molar-refractivity contribution is -0.870. The normalized spacial score (nSPS) is 13.4. The van der Waals surface area contributed by atoms with Crippen LogP contribution in [0.2, 0.25) is 0 Å². The van der Waals surface area contributed by atoms with Crippen molar-refractivity contribution in [3.05, 3.63) is 46.3 Å². The fourth-order valence-electron chi connectivity index (χ4n) is 7.57. The fourth-order valence-corrected chi connectivity index (χ4v) is 8.31. The Labute approximate surface area is 376 Å². The molecule has 0 spiro atoms. The summed E-state index contributed by atoms with van der Waals surface area (Å²) in [4.78, 5) is 35.6. The molecule has 0 aliphatic heterocycles. The van der Waals surface area contributed by atoms with Gasteiger partial charge in [-0.05, 0) is 75.6 Å². The molecule has 0 amide bonds. The summed E-state index contributed by atoms with van der Waals surface area (Å²) in [6.45, 7) is 8.57. The van der Waals surface area contributed by atoms with Gasteiger partial charge in [-0.2, -0.15) is 0 Å². The van der Waals surface area contributed by atoms with Gasteiger partial charge in [-0.25, -0.2) is 4.57 Å². The summed E-state index contributed by atoms with van der Waals surface area (Å²) in [7, 11) is 1.45. The quantitative estimate of drug-likeness (QED) is 0.0298. The number of hydrogen-bond donors (Lipinski definition) is 1. The highest BCUT2D eigenvalue weighted by atomic mass is 31.2. The molecule has 0 radical (unpaired) electrons. The molecule has 2 rings (SSSR count). The summed E-state index contributed by atoms with van der Waals surface area (Å²) in [6.07, 6.45) is 28.0. The fraction of sp³-hybridized carbons (Fsp3) is 0.800. The predicted molar refractivity (Wildman–Crippen MR) is 249 cm³/mol. The van der Waals surface area contributed by atoms with Crippen molar-refractivity contribution in [3.63, 3.8) is 0 Å². The first-order valence-corrected chi connectivity index (χ1v) is 26.1. The largest absolute Gasteiger partial charge is 0.472 e. The Kier molecular flexibility index (Phi) is 29.7. The van der Waals surface area contributed by atoms with E-state index in [2.05, 4.69) is 39.8 Å². The number of furan rings is 2. The zero-order valence-corrected chi connectivity index (χ0v) is 41.3. The summed E-state index contributed by atoms with van der Waals surface area (Å²) >= 11 is 0. The van der Waals surface area contributed by atoms with Gasteiger partial charge in [0.05, 0.1) is 27.7 Å². The minimum Gasteiger partial charge on any atom is -0.466 e. The van der Waals surface area contributed by atoms with Crippen molar-refractivity contribution in [2.45, 2.75) is 214 Å². The molecule has 0 bridgehead atoms. The Bertz CT molecular complexity index is 1510. The second-order valence-electron chi connectivity index (χ2n) is 18.6. The van der Waals surface area contributed by atoms with Gasteiger partial charge in [0.1, 0.15) is 42.8 Å². The van der Waals surface area contributed by atoms with E-state index in [1.165, 1.54) is 93.9 Å². The number of phosphoric ester groups is 1. The highest BCUT2D eigenvalue weighted by Gasteiger charge is 2.27. The second kappa shape index (κ2) is 33.1. The van der Waals surface area contributed by atoms with Gasteiger partial charge in [-0.1, -0.05) is 117 Å². The van der Waals surface area contributed by atoms with E-state index in [0.717, 1.165) is 101 Å². The Morgan fingerprint density at radius 3 is 1.53 bits per heavy atom. The van der Waals surface area contributed by atoms with Crippen LogP contribution in [-0.2, 0) is 58.4 Å². The number of rotatable bonds is 40. The van der Waals surface area contributed by atoms with Gasteiger partial charge in [0.2, 0.25) is 0 Å². The summed E-state index contributed by atoms with van der Waals surface area (Å²) in [6, 6.07) is 4.40. The molecule has 358 valence electrons. The standard InChI is InChI=1S/C50H88NO10P/c1-8-10-25-31-45-39-43(4)48(60-45)33-27-21-17-13-11-12-14-19-23-28-34-49(52)56-40-46(41-58-62(54,55)57-37-36-51(5,6)7)61-50(53)35-29-24-20-16-15-18-22-26-32-47-42(3)38-44(59-47)30-9-2/h38-39,46H,8-37,40-41H2,1-7H3/p+1. The third-order valence-electron chi connectivity index (χ3n) is 11.4. The average molecular weight is 895 g/mol. The Balaban J connectivity index is 1.59. The first-order chi connectivity index (χ1) is 29.7. The maximum absolute atomic E-state index is 12.8. The van der Waals surface area contributed by atoms with Crippen molar-refractivity contribution < 1.29 is 50.9 Å². The molecule has 62 heavy (non-hydrogen) atoms. The van der Waals surface area contributed by atoms with Crippen LogP contribution >= 0.6 is 7.82 Å². The molecule has 0 aliphatic rings. The van der Waals surface area contributed by atoms with Crippen LogP contribution in [0.3, 0.4) is 0 Å². The smallest absolute Gasteiger partial charge is 0.466 e. The topological polar surface area (TPSA) is 135 Å². The number of carbonyl (C=O) groups is 2. The number of nitrogens with zero attached hydrogens (tertiary/aromatic N) is 1. The molecule has 0 fully saturated rings. The van der Waals surface area contributed by atoms with Crippen molar-refractivity contribution >= 4 is 19.8 Å². The zero-order valence-electron chi connectivity index (χ0n) is 40.4. The number of esters is 2. The molecule has 2 aromatic heterocycles. The molecule has 0 aromatic carbocycles. The first-order valence-electron chi connectivity index (χ1n) is 24.6. The molecule has 2 aromatic rings. The third kappa shape index (κ3) is 28.4. The number of likely N-dealkylation sites (N-methyl/N-ethyl adjacent to an activating group) is 1. The van der Waals surface area contributed by atoms with E-state index in [9.17, 15) is 19.0 Å². The van der Waals surface area contributed by atoms with Crippen LogP contribution < -0.4 is 0 Å². The number of aryl methyl sites for hydroxylation is 6. The lowest BCUT2D eigenvalue weighted by Gasteiger charge is -2.24. The van der Waals surface area contributed by atoms with E-state index in [1.54, 1.807) is 0 Å². The molecule has 2 unspecified atom stereocenters. The van der Waals surface area contributed by atoms with Gasteiger partial charge in [0.15, 0.2) is 6.10 Å². The molecule has 0 saturated heterocycles. The van der Waals surface area contributed by atoms with Crippen molar-refractivity contribution in [1.82, 2.24) is 0 Å². The minimum absolute atomic E-state index is 0.0220. The SMILES string of the molecule is CCCCCc1cc(C)c(CCCCCCCCCCCCC(=O)OCC(COP(=O)(O)OCC[N+](C)(C)C)OC(=O)CCCCCCCCCCc2oc(CCC)cc2C)o1. The van der Waals surface area contributed by atoms with E-state index in [0.29, 0.717) is 17.4 Å². The van der Waals surface area contributed by atoms with E-state index in [-0.39, 0.29) is 32.0 Å². The lowest BCUT2D eigenvalue weighted by atomic mass is 10.0. The van der Waals surface area contributed by atoms with Crippen molar-refractivity contribution in [2.24, 2.45) is 0 Å². The molecule has 11 nitrogen and oxygen atoms in total. The van der Waals surface area contributed by atoms with Crippen LogP contribution in [0.5, 0.6) is 0 Å². The zero-order chi connectivity index (χ0) is 45.5. The molecule has 0 aliphatic carbocycles. The van der Waals surface area contributed by atoms with Crippen LogP contribution in [0.25, 0.3) is 0 Å². The van der Waals surface area contributed by atoms with E-state index in [4.69, 9.17) is 27.4 Å². The number of ether oxygens (including phenoxy) is 2. The second-order valence-corrected chi connectivity index (χ2v) is 20.1. The van der Waals surface area contributed by atoms with Crippen LogP contribution in [-0.4, -0.2) is 74.9 Å².